The van der Waals surface area contributed by atoms with Gasteiger partial charge in [0.1, 0.15) is 5.60 Å². The summed E-state index contributed by atoms with van der Waals surface area (Å²) in [6.07, 6.45) is 0.915. The third-order valence-corrected chi connectivity index (χ3v) is 2.47. The van der Waals surface area contributed by atoms with Gasteiger partial charge in [0.25, 0.3) is 0 Å². The fourth-order valence-corrected chi connectivity index (χ4v) is 1.87. The van der Waals surface area contributed by atoms with Gasteiger partial charge in [-0.2, -0.15) is 4.98 Å². The second-order valence-electron chi connectivity index (χ2n) is 6.41. The van der Waals surface area contributed by atoms with Gasteiger partial charge in [-0.15, -0.1) is 0 Å². The van der Waals surface area contributed by atoms with Gasteiger partial charge in [0.2, 0.25) is 5.89 Å². The molecule has 114 valence electrons. The number of hydrogen-bond donors (Lipinski definition) is 1. The van der Waals surface area contributed by atoms with Crippen molar-refractivity contribution in [2.24, 2.45) is 5.92 Å². The standard InChI is InChI=1S/C14H25N3O3/c1-9(2)7-11(8-12-15-10(3)17-20-12)16-13(18)19-14(4,5)6/h9,11H,7-8H2,1-6H3,(H,16,18)/t11-/m0/s1. The smallest absolute Gasteiger partial charge is 0.407 e. The van der Waals surface area contributed by atoms with Crippen molar-refractivity contribution in [1.82, 2.24) is 15.5 Å². The van der Waals surface area contributed by atoms with E-state index in [2.05, 4.69) is 29.3 Å². The molecule has 1 rings (SSSR count). The molecule has 20 heavy (non-hydrogen) atoms. The number of alkyl carbamates (subject to hydrolysis) is 1. The highest BCUT2D eigenvalue weighted by molar-refractivity contribution is 5.68. The molecular weight excluding hydrogens is 258 g/mol. The van der Waals surface area contributed by atoms with Crippen LogP contribution >= 0.6 is 0 Å². The average Bonchev–Trinajstić information content (AvgIpc) is 2.59. The molecule has 0 saturated carbocycles. The molecule has 0 unspecified atom stereocenters. The Bertz CT molecular complexity index is 435. The molecule has 6 nitrogen and oxygen atoms in total. The van der Waals surface area contributed by atoms with E-state index in [0.29, 0.717) is 24.1 Å². The maximum Gasteiger partial charge on any atom is 0.407 e. The van der Waals surface area contributed by atoms with Crippen LogP contribution in [0.4, 0.5) is 4.79 Å². The summed E-state index contributed by atoms with van der Waals surface area (Å²) in [6.45, 7) is 11.5. The van der Waals surface area contributed by atoms with Gasteiger partial charge in [0, 0.05) is 12.5 Å². The predicted molar refractivity (Wildman–Crippen MR) is 75.4 cm³/mol. The van der Waals surface area contributed by atoms with Gasteiger partial charge in [0.15, 0.2) is 5.82 Å². The molecular formula is C14H25N3O3. The Balaban J connectivity index is 2.62. The highest BCUT2D eigenvalue weighted by Crippen LogP contribution is 2.12. The molecule has 0 fully saturated rings. The number of nitrogens with zero attached hydrogens (tertiary/aromatic N) is 2. The summed E-state index contributed by atoms with van der Waals surface area (Å²) in [5, 5.41) is 6.63. The number of amides is 1. The SMILES string of the molecule is Cc1noc(C[C@H](CC(C)C)NC(=O)OC(C)(C)C)n1. The van der Waals surface area contributed by atoms with Crippen molar-refractivity contribution in [1.29, 1.82) is 0 Å². The predicted octanol–water partition coefficient (Wildman–Crippen LogP) is 2.86. The first-order valence-corrected chi connectivity index (χ1v) is 6.94. The van der Waals surface area contributed by atoms with E-state index in [1.54, 1.807) is 6.92 Å². The summed E-state index contributed by atoms with van der Waals surface area (Å²) in [7, 11) is 0. The minimum Gasteiger partial charge on any atom is -0.444 e. The molecule has 0 spiro atoms. The van der Waals surface area contributed by atoms with Crippen molar-refractivity contribution in [3.8, 4) is 0 Å². The van der Waals surface area contributed by atoms with Crippen LogP contribution in [0.15, 0.2) is 4.52 Å². The van der Waals surface area contributed by atoms with Crippen LogP contribution in [0.3, 0.4) is 0 Å². The first-order valence-electron chi connectivity index (χ1n) is 6.94. The summed E-state index contributed by atoms with van der Waals surface area (Å²) < 4.78 is 10.4. The maximum absolute atomic E-state index is 11.8. The topological polar surface area (TPSA) is 77.2 Å². The van der Waals surface area contributed by atoms with E-state index >= 15 is 0 Å². The maximum atomic E-state index is 11.8. The summed E-state index contributed by atoms with van der Waals surface area (Å²) in [4.78, 5) is 16.0. The molecule has 1 aromatic rings. The van der Waals surface area contributed by atoms with Crippen molar-refractivity contribution in [3.05, 3.63) is 11.7 Å². The molecule has 0 saturated heterocycles. The van der Waals surface area contributed by atoms with E-state index < -0.39 is 11.7 Å². The minimum atomic E-state index is -0.506. The van der Waals surface area contributed by atoms with Gasteiger partial charge in [-0.05, 0) is 40.0 Å². The van der Waals surface area contributed by atoms with E-state index in [0.717, 1.165) is 6.42 Å². The number of hydrogen-bond acceptors (Lipinski definition) is 5. The second kappa shape index (κ2) is 6.72. The Morgan fingerprint density at radius 3 is 2.50 bits per heavy atom. The number of aryl methyl sites for hydroxylation is 1. The molecule has 1 N–H and O–H groups in total. The Hall–Kier alpha value is -1.59. The van der Waals surface area contributed by atoms with E-state index in [9.17, 15) is 4.79 Å². The van der Waals surface area contributed by atoms with Gasteiger partial charge < -0.3 is 14.6 Å². The number of carbonyl (C=O) groups is 1. The second-order valence-corrected chi connectivity index (χ2v) is 6.41. The van der Waals surface area contributed by atoms with Crippen molar-refractivity contribution >= 4 is 6.09 Å². The lowest BCUT2D eigenvalue weighted by atomic mass is 10.0. The molecule has 0 radical (unpaired) electrons. The van der Waals surface area contributed by atoms with Crippen LogP contribution in [0.5, 0.6) is 0 Å². The molecule has 0 aliphatic heterocycles. The molecule has 0 aromatic carbocycles. The van der Waals surface area contributed by atoms with Gasteiger partial charge >= 0.3 is 6.09 Å². The highest BCUT2D eigenvalue weighted by Gasteiger charge is 2.22. The van der Waals surface area contributed by atoms with Crippen LogP contribution in [0, 0.1) is 12.8 Å². The Morgan fingerprint density at radius 2 is 2.05 bits per heavy atom. The summed E-state index contributed by atoms with van der Waals surface area (Å²) in [5.74, 6) is 1.57. The molecule has 1 heterocycles. The first-order chi connectivity index (χ1) is 9.15. The minimum absolute atomic E-state index is 0.0790. The zero-order chi connectivity index (χ0) is 15.3. The monoisotopic (exact) mass is 283 g/mol. The molecule has 1 atom stereocenters. The van der Waals surface area contributed by atoms with Crippen molar-refractivity contribution in [2.75, 3.05) is 0 Å². The van der Waals surface area contributed by atoms with Crippen LogP contribution in [-0.2, 0) is 11.2 Å². The van der Waals surface area contributed by atoms with E-state index in [1.807, 2.05) is 20.8 Å². The number of carbonyl (C=O) groups excluding carboxylic acids is 1. The lowest BCUT2D eigenvalue weighted by molar-refractivity contribution is 0.0496. The van der Waals surface area contributed by atoms with Gasteiger partial charge in [-0.1, -0.05) is 19.0 Å². The third kappa shape index (κ3) is 6.54. The highest BCUT2D eigenvalue weighted by atomic mass is 16.6. The van der Waals surface area contributed by atoms with Gasteiger partial charge in [0.05, 0.1) is 0 Å². The van der Waals surface area contributed by atoms with Crippen molar-refractivity contribution in [2.45, 2.75) is 66.0 Å². The third-order valence-electron chi connectivity index (χ3n) is 2.47. The van der Waals surface area contributed by atoms with E-state index in [-0.39, 0.29) is 6.04 Å². The van der Waals surface area contributed by atoms with E-state index in [4.69, 9.17) is 9.26 Å². The quantitative estimate of drug-likeness (QED) is 0.899. The van der Waals surface area contributed by atoms with Crippen molar-refractivity contribution in [3.63, 3.8) is 0 Å². The molecule has 0 aliphatic rings. The van der Waals surface area contributed by atoms with Crippen LogP contribution in [0.1, 0.15) is 52.8 Å². The Labute approximate surface area is 120 Å². The summed E-state index contributed by atoms with van der Waals surface area (Å²) >= 11 is 0. The fourth-order valence-electron chi connectivity index (χ4n) is 1.87. The zero-order valence-corrected chi connectivity index (χ0v) is 13.2. The zero-order valence-electron chi connectivity index (χ0n) is 13.2. The number of nitrogens with one attached hydrogen (secondary N) is 1. The Morgan fingerprint density at radius 1 is 1.40 bits per heavy atom. The molecule has 1 amide bonds. The lowest BCUT2D eigenvalue weighted by Gasteiger charge is -2.23. The number of aromatic nitrogens is 2. The molecule has 6 heteroatoms. The molecule has 1 aromatic heterocycles. The molecule has 0 aliphatic carbocycles. The summed E-state index contributed by atoms with van der Waals surface area (Å²) in [5.41, 5.74) is -0.506. The van der Waals surface area contributed by atoms with Gasteiger partial charge in [-0.25, -0.2) is 4.79 Å². The number of rotatable bonds is 5. The fraction of sp³-hybridized carbons (Fsp3) is 0.786. The molecule has 0 bridgehead atoms. The van der Waals surface area contributed by atoms with Crippen LogP contribution in [0.2, 0.25) is 0 Å². The van der Waals surface area contributed by atoms with Gasteiger partial charge in [-0.3, -0.25) is 0 Å². The lowest BCUT2D eigenvalue weighted by Crippen LogP contribution is -2.41. The largest absolute Gasteiger partial charge is 0.444 e. The first kappa shape index (κ1) is 16.5. The number of ether oxygens (including phenoxy) is 1. The average molecular weight is 283 g/mol. The van der Waals surface area contributed by atoms with Crippen LogP contribution < -0.4 is 5.32 Å². The van der Waals surface area contributed by atoms with Crippen LogP contribution in [0.25, 0.3) is 0 Å². The normalized spacial score (nSPS) is 13.3. The van der Waals surface area contributed by atoms with Crippen LogP contribution in [-0.4, -0.2) is 27.9 Å². The van der Waals surface area contributed by atoms with Crippen molar-refractivity contribution < 1.29 is 14.1 Å². The Kier molecular flexibility index (Phi) is 5.53. The summed E-state index contributed by atoms with van der Waals surface area (Å²) in [6, 6.07) is -0.0790. The van der Waals surface area contributed by atoms with E-state index in [1.165, 1.54) is 0 Å².